The standard InChI is InChI=1S/C26H22N4O4/c1-4-29-20-13-9-8-12-19(20)24-21(25(29)32)23(31)17(15-34-24)14-27-22-16(2)28(3)30(26(22)33)18-10-6-5-7-11-18/h5-15H,4H2,1-3H3. The zero-order chi connectivity index (χ0) is 24.0. The van der Waals surface area contributed by atoms with Crippen LogP contribution >= 0.6 is 0 Å². The zero-order valence-electron chi connectivity index (χ0n) is 19.0. The van der Waals surface area contributed by atoms with E-state index in [1.54, 1.807) is 23.2 Å². The summed E-state index contributed by atoms with van der Waals surface area (Å²) in [6.07, 6.45) is 2.57. The molecule has 5 rings (SSSR count). The predicted octanol–water partition coefficient (Wildman–Crippen LogP) is 3.68. The van der Waals surface area contributed by atoms with Gasteiger partial charge in [0.05, 0.1) is 22.5 Å². The van der Waals surface area contributed by atoms with Crippen molar-refractivity contribution in [1.29, 1.82) is 0 Å². The first-order valence-electron chi connectivity index (χ1n) is 10.9. The lowest BCUT2D eigenvalue weighted by Crippen LogP contribution is -2.26. The van der Waals surface area contributed by atoms with Crippen molar-refractivity contribution in [2.75, 3.05) is 0 Å². The largest absolute Gasteiger partial charge is 0.462 e. The Bertz CT molecular complexity index is 1770. The Kier molecular flexibility index (Phi) is 5.13. The first-order chi connectivity index (χ1) is 16.4. The quantitative estimate of drug-likeness (QED) is 0.306. The highest BCUT2D eigenvalue weighted by Gasteiger charge is 2.18. The van der Waals surface area contributed by atoms with Crippen LogP contribution in [0.5, 0.6) is 0 Å². The summed E-state index contributed by atoms with van der Waals surface area (Å²) in [5, 5.41) is 0.653. The first-order valence-corrected chi connectivity index (χ1v) is 10.9. The van der Waals surface area contributed by atoms with Crippen molar-refractivity contribution in [3.63, 3.8) is 0 Å². The van der Waals surface area contributed by atoms with Gasteiger partial charge in [0.2, 0.25) is 5.43 Å². The predicted molar refractivity (Wildman–Crippen MR) is 133 cm³/mol. The number of para-hydroxylation sites is 2. The first kappa shape index (κ1) is 21.4. The molecule has 0 aliphatic carbocycles. The molecule has 0 amide bonds. The average molecular weight is 454 g/mol. The van der Waals surface area contributed by atoms with E-state index >= 15 is 0 Å². The molecule has 8 heteroatoms. The number of aryl methyl sites for hydroxylation is 1. The highest BCUT2D eigenvalue weighted by Crippen LogP contribution is 2.22. The van der Waals surface area contributed by atoms with Crippen LogP contribution in [-0.2, 0) is 13.6 Å². The van der Waals surface area contributed by atoms with Crippen LogP contribution in [0, 0.1) is 6.92 Å². The van der Waals surface area contributed by atoms with Crippen LogP contribution < -0.4 is 16.5 Å². The van der Waals surface area contributed by atoms with Gasteiger partial charge in [-0.05, 0) is 38.1 Å². The summed E-state index contributed by atoms with van der Waals surface area (Å²) in [5.74, 6) is 0. The highest BCUT2D eigenvalue weighted by atomic mass is 16.3. The van der Waals surface area contributed by atoms with Gasteiger partial charge in [0, 0.05) is 25.2 Å². The van der Waals surface area contributed by atoms with Crippen LogP contribution in [0.25, 0.3) is 27.6 Å². The fraction of sp³-hybridized carbons (Fsp3) is 0.154. The van der Waals surface area contributed by atoms with Gasteiger partial charge in [-0.1, -0.05) is 30.3 Å². The van der Waals surface area contributed by atoms with Gasteiger partial charge in [-0.15, -0.1) is 0 Å². The van der Waals surface area contributed by atoms with Crippen molar-refractivity contribution in [1.82, 2.24) is 13.9 Å². The molecule has 0 bridgehead atoms. The summed E-state index contributed by atoms with van der Waals surface area (Å²) in [7, 11) is 1.77. The second kappa shape index (κ2) is 8.15. The molecule has 0 unspecified atom stereocenters. The maximum absolute atomic E-state index is 13.3. The normalized spacial score (nSPS) is 11.7. The molecule has 34 heavy (non-hydrogen) atoms. The lowest BCUT2D eigenvalue weighted by Gasteiger charge is -2.10. The van der Waals surface area contributed by atoms with E-state index in [4.69, 9.17) is 4.42 Å². The molecular formula is C26H22N4O4. The Morgan fingerprint density at radius 2 is 1.68 bits per heavy atom. The minimum atomic E-state index is -0.486. The molecule has 3 heterocycles. The molecule has 0 saturated heterocycles. The molecule has 3 aromatic heterocycles. The van der Waals surface area contributed by atoms with E-state index in [0.29, 0.717) is 28.8 Å². The second-order valence-corrected chi connectivity index (χ2v) is 7.96. The summed E-state index contributed by atoms with van der Waals surface area (Å²) in [6.45, 7) is 4.04. The molecule has 0 aliphatic heterocycles. The number of hydrogen-bond acceptors (Lipinski definition) is 5. The topological polar surface area (TPSA) is 91.5 Å². The summed E-state index contributed by atoms with van der Waals surface area (Å²) < 4.78 is 10.5. The van der Waals surface area contributed by atoms with Gasteiger partial charge in [0.25, 0.3) is 11.1 Å². The number of benzene rings is 2. The number of aliphatic imine (C=N–C) groups is 1. The number of aromatic nitrogens is 3. The van der Waals surface area contributed by atoms with Crippen molar-refractivity contribution in [2.45, 2.75) is 20.4 Å². The summed E-state index contributed by atoms with van der Waals surface area (Å²) in [5.41, 5.74) is 1.37. The Balaban J connectivity index is 1.69. The van der Waals surface area contributed by atoms with E-state index in [1.165, 1.54) is 17.2 Å². The Morgan fingerprint density at radius 3 is 2.41 bits per heavy atom. The van der Waals surface area contributed by atoms with Gasteiger partial charge in [-0.25, -0.2) is 9.67 Å². The fourth-order valence-corrected chi connectivity index (χ4v) is 4.26. The smallest absolute Gasteiger partial charge is 0.297 e. The molecule has 0 atom stereocenters. The van der Waals surface area contributed by atoms with Gasteiger partial charge in [-0.2, -0.15) is 0 Å². The molecule has 5 aromatic rings. The maximum Gasteiger partial charge on any atom is 0.297 e. The van der Waals surface area contributed by atoms with E-state index in [-0.39, 0.29) is 27.8 Å². The lowest BCUT2D eigenvalue weighted by atomic mass is 10.1. The van der Waals surface area contributed by atoms with Crippen LogP contribution in [0.15, 0.2) is 84.7 Å². The van der Waals surface area contributed by atoms with E-state index in [2.05, 4.69) is 4.99 Å². The van der Waals surface area contributed by atoms with Crippen LogP contribution in [0.1, 0.15) is 18.2 Å². The molecule has 0 N–H and O–H groups in total. The minimum Gasteiger partial charge on any atom is -0.462 e. The lowest BCUT2D eigenvalue weighted by molar-refractivity contribution is 0.602. The van der Waals surface area contributed by atoms with Crippen molar-refractivity contribution >= 4 is 33.8 Å². The van der Waals surface area contributed by atoms with Gasteiger partial charge < -0.3 is 8.98 Å². The highest BCUT2D eigenvalue weighted by molar-refractivity contribution is 6.02. The molecule has 0 spiro atoms. The molecule has 0 saturated carbocycles. The molecule has 2 aromatic carbocycles. The molecule has 8 nitrogen and oxygen atoms in total. The Hall–Kier alpha value is -4.46. The number of nitrogens with zero attached hydrogens (tertiary/aromatic N) is 4. The van der Waals surface area contributed by atoms with E-state index < -0.39 is 11.0 Å². The van der Waals surface area contributed by atoms with Crippen LogP contribution in [0.4, 0.5) is 5.69 Å². The van der Waals surface area contributed by atoms with E-state index in [9.17, 15) is 14.4 Å². The minimum absolute atomic E-state index is 0.0315. The SMILES string of the molecule is CCn1c(=O)c2c(=O)c(C=Nc3c(C)n(C)n(-c4ccccc4)c3=O)coc2c2ccccc21. The van der Waals surface area contributed by atoms with Gasteiger partial charge in [0.15, 0.2) is 11.3 Å². The molecule has 0 fully saturated rings. The average Bonchev–Trinajstić information content (AvgIpc) is 3.06. The summed E-state index contributed by atoms with van der Waals surface area (Å²) in [6, 6.07) is 16.5. The number of hydrogen-bond donors (Lipinski definition) is 0. The van der Waals surface area contributed by atoms with Crippen LogP contribution in [0.3, 0.4) is 0 Å². The van der Waals surface area contributed by atoms with Crippen molar-refractivity contribution in [3.8, 4) is 5.69 Å². The third-order valence-corrected chi connectivity index (χ3v) is 6.09. The Morgan fingerprint density at radius 1 is 0.971 bits per heavy atom. The molecule has 170 valence electrons. The second-order valence-electron chi connectivity index (χ2n) is 7.96. The van der Waals surface area contributed by atoms with Crippen molar-refractivity contribution < 1.29 is 4.42 Å². The van der Waals surface area contributed by atoms with Crippen LogP contribution in [-0.4, -0.2) is 20.1 Å². The third-order valence-electron chi connectivity index (χ3n) is 6.09. The van der Waals surface area contributed by atoms with E-state index in [1.807, 2.05) is 61.5 Å². The third kappa shape index (κ3) is 3.14. The van der Waals surface area contributed by atoms with Crippen molar-refractivity contribution in [3.05, 3.63) is 103 Å². The summed E-state index contributed by atoms with van der Waals surface area (Å²) in [4.78, 5) is 43.9. The monoisotopic (exact) mass is 454 g/mol. The van der Waals surface area contributed by atoms with Crippen molar-refractivity contribution in [2.24, 2.45) is 12.0 Å². The maximum atomic E-state index is 13.3. The van der Waals surface area contributed by atoms with Gasteiger partial charge >= 0.3 is 0 Å². The fourth-order valence-electron chi connectivity index (χ4n) is 4.26. The Labute approximate surface area is 193 Å². The number of fused-ring (bicyclic) bond motifs is 3. The van der Waals surface area contributed by atoms with Gasteiger partial charge in [-0.3, -0.25) is 19.1 Å². The number of pyridine rings is 1. The molecular weight excluding hydrogens is 432 g/mol. The van der Waals surface area contributed by atoms with Crippen LogP contribution in [0.2, 0.25) is 0 Å². The summed E-state index contributed by atoms with van der Waals surface area (Å²) >= 11 is 0. The van der Waals surface area contributed by atoms with Gasteiger partial charge in [0.1, 0.15) is 11.6 Å². The molecule has 0 radical (unpaired) electrons. The molecule has 0 aliphatic rings. The zero-order valence-corrected chi connectivity index (χ0v) is 19.0. The van der Waals surface area contributed by atoms with E-state index in [0.717, 1.165) is 0 Å². The number of rotatable bonds is 4.